The predicted octanol–water partition coefficient (Wildman–Crippen LogP) is 4.82. The standard InChI is InChI=1S/C22H23N7O2/c23-10-8-20(15-4-1-2-5-15)29-14-16(13-25-29)19-9-11-24-21(28-19)26-17-6-3-7-18(12-17)27-22(30)31/h3,6-7,9,11-15,20,27H,1-2,4-5,8H2,(H,30,31)(H,24,26,28). The molecule has 3 aromatic rings. The molecule has 2 aromatic heterocycles. The molecule has 0 radical (unpaired) electrons. The number of hydrogen-bond acceptors (Lipinski definition) is 6. The third kappa shape index (κ3) is 4.98. The molecule has 1 atom stereocenters. The van der Waals surface area contributed by atoms with E-state index in [9.17, 15) is 10.1 Å². The van der Waals surface area contributed by atoms with Crippen LogP contribution in [0, 0.1) is 17.2 Å². The van der Waals surface area contributed by atoms with E-state index in [0.29, 0.717) is 35.4 Å². The smallest absolute Gasteiger partial charge is 0.409 e. The molecule has 0 spiro atoms. The summed E-state index contributed by atoms with van der Waals surface area (Å²) in [6.45, 7) is 0. The Labute approximate surface area is 179 Å². The second-order valence-electron chi connectivity index (χ2n) is 7.58. The van der Waals surface area contributed by atoms with Gasteiger partial charge in [-0.3, -0.25) is 10.00 Å². The average molecular weight is 417 g/mol. The Kier molecular flexibility index (Phi) is 6.08. The molecule has 158 valence electrons. The van der Waals surface area contributed by atoms with Crippen molar-refractivity contribution in [3.8, 4) is 17.3 Å². The van der Waals surface area contributed by atoms with E-state index in [1.807, 2.05) is 16.9 Å². The van der Waals surface area contributed by atoms with Gasteiger partial charge in [0.25, 0.3) is 0 Å². The number of aromatic nitrogens is 4. The number of benzene rings is 1. The molecular formula is C22H23N7O2. The molecule has 1 unspecified atom stereocenters. The molecular weight excluding hydrogens is 394 g/mol. The molecule has 9 nitrogen and oxygen atoms in total. The van der Waals surface area contributed by atoms with Gasteiger partial charge in [0, 0.05) is 29.3 Å². The Morgan fingerprint density at radius 3 is 2.87 bits per heavy atom. The molecule has 1 aliphatic carbocycles. The van der Waals surface area contributed by atoms with Crippen molar-refractivity contribution in [1.29, 1.82) is 5.26 Å². The minimum atomic E-state index is -1.13. The summed E-state index contributed by atoms with van der Waals surface area (Å²) in [6, 6.07) is 11.1. The van der Waals surface area contributed by atoms with E-state index in [2.05, 4.69) is 31.8 Å². The number of carbonyl (C=O) groups is 1. The monoisotopic (exact) mass is 417 g/mol. The summed E-state index contributed by atoms with van der Waals surface area (Å²) in [4.78, 5) is 19.7. The highest BCUT2D eigenvalue weighted by Gasteiger charge is 2.27. The Balaban J connectivity index is 1.52. The summed E-state index contributed by atoms with van der Waals surface area (Å²) < 4.78 is 1.91. The van der Waals surface area contributed by atoms with E-state index >= 15 is 0 Å². The lowest BCUT2D eigenvalue weighted by atomic mass is 9.96. The number of amides is 1. The quantitative estimate of drug-likeness (QED) is 0.502. The molecule has 1 amide bonds. The molecule has 3 N–H and O–H groups in total. The topological polar surface area (TPSA) is 129 Å². The number of nitriles is 1. The summed E-state index contributed by atoms with van der Waals surface area (Å²) in [5.74, 6) is 0.879. The summed E-state index contributed by atoms with van der Waals surface area (Å²) >= 11 is 0. The molecule has 1 aliphatic rings. The van der Waals surface area contributed by atoms with E-state index in [1.165, 1.54) is 12.8 Å². The van der Waals surface area contributed by atoms with E-state index in [4.69, 9.17) is 5.11 Å². The van der Waals surface area contributed by atoms with Gasteiger partial charge in [-0.05, 0) is 43.0 Å². The Bertz CT molecular complexity index is 1100. The van der Waals surface area contributed by atoms with Crippen molar-refractivity contribution >= 4 is 23.4 Å². The molecule has 1 saturated carbocycles. The average Bonchev–Trinajstić information content (AvgIpc) is 3.45. The maximum absolute atomic E-state index is 10.8. The van der Waals surface area contributed by atoms with Crippen molar-refractivity contribution in [2.24, 2.45) is 5.92 Å². The Hall–Kier alpha value is -3.93. The van der Waals surface area contributed by atoms with Gasteiger partial charge in [0.2, 0.25) is 5.95 Å². The lowest BCUT2D eigenvalue weighted by Crippen LogP contribution is -2.17. The van der Waals surface area contributed by atoms with Crippen LogP contribution in [-0.2, 0) is 0 Å². The van der Waals surface area contributed by atoms with Crippen LogP contribution in [0.15, 0.2) is 48.9 Å². The van der Waals surface area contributed by atoms with Gasteiger partial charge < -0.3 is 10.4 Å². The van der Waals surface area contributed by atoms with Crippen LogP contribution in [0.4, 0.5) is 22.1 Å². The molecule has 2 heterocycles. The first-order valence-corrected chi connectivity index (χ1v) is 10.2. The second kappa shape index (κ2) is 9.26. The molecule has 0 bridgehead atoms. The van der Waals surface area contributed by atoms with Gasteiger partial charge in [-0.2, -0.15) is 10.4 Å². The first-order chi connectivity index (χ1) is 15.1. The van der Waals surface area contributed by atoms with Crippen LogP contribution in [0.5, 0.6) is 0 Å². The van der Waals surface area contributed by atoms with E-state index in [0.717, 1.165) is 18.4 Å². The number of anilines is 3. The molecule has 31 heavy (non-hydrogen) atoms. The Morgan fingerprint density at radius 1 is 1.29 bits per heavy atom. The van der Waals surface area contributed by atoms with Gasteiger partial charge in [0.15, 0.2) is 0 Å². The first kappa shape index (κ1) is 20.3. The van der Waals surface area contributed by atoms with Gasteiger partial charge in [-0.25, -0.2) is 14.8 Å². The highest BCUT2D eigenvalue weighted by Crippen LogP contribution is 2.36. The van der Waals surface area contributed by atoms with Crippen molar-refractivity contribution < 1.29 is 9.90 Å². The number of hydrogen-bond donors (Lipinski definition) is 3. The molecule has 1 aromatic carbocycles. The van der Waals surface area contributed by atoms with E-state index < -0.39 is 6.09 Å². The van der Waals surface area contributed by atoms with Crippen LogP contribution < -0.4 is 10.6 Å². The van der Waals surface area contributed by atoms with Gasteiger partial charge >= 0.3 is 6.09 Å². The lowest BCUT2D eigenvalue weighted by Gasteiger charge is -2.21. The normalized spacial score (nSPS) is 14.7. The van der Waals surface area contributed by atoms with Crippen molar-refractivity contribution in [3.05, 3.63) is 48.9 Å². The maximum Gasteiger partial charge on any atom is 0.409 e. The number of nitrogens with zero attached hydrogens (tertiary/aromatic N) is 5. The van der Waals surface area contributed by atoms with Crippen molar-refractivity contribution in [1.82, 2.24) is 19.7 Å². The minimum absolute atomic E-state index is 0.0881. The first-order valence-electron chi connectivity index (χ1n) is 10.2. The molecule has 0 aliphatic heterocycles. The highest BCUT2D eigenvalue weighted by molar-refractivity contribution is 5.83. The van der Waals surface area contributed by atoms with E-state index in [-0.39, 0.29) is 6.04 Å². The Morgan fingerprint density at radius 2 is 2.10 bits per heavy atom. The van der Waals surface area contributed by atoms with Crippen LogP contribution in [0.2, 0.25) is 0 Å². The van der Waals surface area contributed by atoms with Crippen LogP contribution in [0.3, 0.4) is 0 Å². The summed E-state index contributed by atoms with van der Waals surface area (Å²) in [6.07, 6.45) is 9.40. The fourth-order valence-electron chi connectivity index (χ4n) is 4.07. The number of nitrogens with one attached hydrogen (secondary N) is 2. The zero-order chi connectivity index (χ0) is 21.6. The van der Waals surface area contributed by atoms with Gasteiger partial charge in [-0.1, -0.05) is 18.9 Å². The minimum Gasteiger partial charge on any atom is -0.465 e. The molecule has 9 heteroatoms. The largest absolute Gasteiger partial charge is 0.465 e. The van der Waals surface area contributed by atoms with Gasteiger partial charge in [0.1, 0.15) is 0 Å². The molecule has 0 saturated heterocycles. The predicted molar refractivity (Wildman–Crippen MR) is 116 cm³/mol. The third-order valence-electron chi connectivity index (χ3n) is 5.51. The van der Waals surface area contributed by atoms with Crippen molar-refractivity contribution in [2.45, 2.75) is 38.1 Å². The fourth-order valence-corrected chi connectivity index (χ4v) is 4.07. The highest BCUT2D eigenvalue weighted by atomic mass is 16.4. The van der Waals surface area contributed by atoms with Crippen LogP contribution in [0.1, 0.15) is 38.1 Å². The van der Waals surface area contributed by atoms with Crippen molar-refractivity contribution in [3.63, 3.8) is 0 Å². The molecule has 4 rings (SSSR count). The van der Waals surface area contributed by atoms with Crippen LogP contribution >= 0.6 is 0 Å². The fraction of sp³-hybridized carbons (Fsp3) is 0.318. The zero-order valence-electron chi connectivity index (χ0n) is 16.9. The van der Waals surface area contributed by atoms with E-state index in [1.54, 1.807) is 36.7 Å². The maximum atomic E-state index is 10.8. The summed E-state index contributed by atoms with van der Waals surface area (Å²) in [5, 5.41) is 28.1. The summed E-state index contributed by atoms with van der Waals surface area (Å²) in [5.41, 5.74) is 2.68. The molecule has 1 fully saturated rings. The van der Waals surface area contributed by atoms with Gasteiger partial charge in [0.05, 0.1) is 30.4 Å². The van der Waals surface area contributed by atoms with Crippen LogP contribution in [0.25, 0.3) is 11.3 Å². The SMILES string of the molecule is N#CCC(C1CCCC1)n1cc(-c2ccnc(Nc3cccc(NC(=O)O)c3)n2)cn1. The number of carboxylic acid groups (broad SMARTS) is 1. The number of rotatable bonds is 7. The third-order valence-corrected chi connectivity index (χ3v) is 5.51. The zero-order valence-corrected chi connectivity index (χ0v) is 16.9. The van der Waals surface area contributed by atoms with Gasteiger partial charge in [-0.15, -0.1) is 0 Å². The van der Waals surface area contributed by atoms with Crippen molar-refractivity contribution in [2.75, 3.05) is 10.6 Å². The van der Waals surface area contributed by atoms with Crippen LogP contribution in [-0.4, -0.2) is 30.9 Å². The summed E-state index contributed by atoms with van der Waals surface area (Å²) in [7, 11) is 0. The second-order valence-corrected chi connectivity index (χ2v) is 7.58. The lowest BCUT2D eigenvalue weighted by molar-refractivity contribution is 0.210.